The van der Waals surface area contributed by atoms with Crippen LogP contribution in [0.25, 0.3) is 0 Å². The van der Waals surface area contributed by atoms with Crippen molar-refractivity contribution in [2.45, 2.75) is 22.6 Å². The Bertz CT molecular complexity index is 729. The number of phenolic OH excluding ortho intramolecular Hbond substituents is 1. The minimum atomic E-state index is -1.06. The molecule has 0 aliphatic carbocycles. The highest BCUT2D eigenvalue weighted by Gasteiger charge is 2.22. The van der Waals surface area contributed by atoms with Crippen LogP contribution in [0, 0.1) is 0 Å². The molecule has 0 amide bonds. The van der Waals surface area contributed by atoms with E-state index in [-0.39, 0.29) is 0 Å². The van der Waals surface area contributed by atoms with Gasteiger partial charge in [0.2, 0.25) is 0 Å². The smallest absolute Gasteiger partial charge is 0.118 e. The summed E-state index contributed by atoms with van der Waals surface area (Å²) in [6.45, 7) is 0. The molecule has 0 atom stereocenters. The van der Waals surface area contributed by atoms with Crippen LogP contribution in [0.1, 0.15) is 12.0 Å². The fourth-order valence-electron chi connectivity index (χ4n) is 3.09. The Hall–Kier alpha value is -2.19. The highest BCUT2D eigenvalue weighted by atomic mass is 32.3. The van der Waals surface area contributed by atoms with Gasteiger partial charge < -0.3 is 5.11 Å². The fourth-order valence-corrected chi connectivity index (χ4v) is 6.07. The van der Waals surface area contributed by atoms with E-state index in [0.717, 1.165) is 24.2 Å². The van der Waals surface area contributed by atoms with Crippen molar-refractivity contribution < 1.29 is 5.11 Å². The Morgan fingerprint density at radius 1 is 0.708 bits per heavy atom. The summed E-state index contributed by atoms with van der Waals surface area (Å²) in [6.07, 6.45) is 4.38. The molecule has 0 saturated carbocycles. The van der Waals surface area contributed by atoms with Crippen LogP contribution >= 0.6 is 10.0 Å². The molecule has 0 fully saturated rings. The van der Waals surface area contributed by atoms with Crippen LogP contribution in [0.3, 0.4) is 0 Å². The van der Waals surface area contributed by atoms with Crippen molar-refractivity contribution in [3.8, 4) is 5.75 Å². The van der Waals surface area contributed by atoms with Crippen LogP contribution in [-0.2, 0) is 6.42 Å². The van der Waals surface area contributed by atoms with Gasteiger partial charge in [0.1, 0.15) is 5.75 Å². The van der Waals surface area contributed by atoms with Gasteiger partial charge in [0, 0.05) is 0 Å². The first kappa shape index (κ1) is 16.7. The molecule has 0 spiro atoms. The van der Waals surface area contributed by atoms with Crippen molar-refractivity contribution >= 4 is 10.0 Å². The second-order valence-corrected chi connectivity index (χ2v) is 9.68. The molecule has 0 bridgehead atoms. The molecular formula is C22H24OS. The highest BCUT2D eigenvalue weighted by Crippen LogP contribution is 2.59. The molecule has 0 radical (unpaired) electrons. The SMILES string of the molecule is CS(CCCc1ccccc1O)(c1ccccc1)c1ccccc1. The van der Waals surface area contributed by atoms with Crippen LogP contribution in [0.5, 0.6) is 5.75 Å². The normalized spacial score (nSPS) is 12.0. The molecule has 3 aromatic carbocycles. The van der Waals surface area contributed by atoms with Crippen LogP contribution in [0.2, 0.25) is 0 Å². The first-order chi connectivity index (χ1) is 11.7. The molecule has 1 N–H and O–H groups in total. The maximum absolute atomic E-state index is 9.98. The maximum Gasteiger partial charge on any atom is 0.118 e. The van der Waals surface area contributed by atoms with Crippen molar-refractivity contribution in [1.29, 1.82) is 0 Å². The minimum absolute atomic E-state index is 0.411. The third-order valence-electron chi connectivity index (χ3n) is 4.52. The van der Waals surface area contributed by atoms with E-state index in [1.165, 1.54) is 9.79 Å². The lowest BCUT2D eigenvalue weighted by Crippen LogP contribution is -2.06. The standard InChI is InChI=1S/C22H24OS/c1-24(20-13-4-2-5-14-20,21-15-6-3-7-16-21)18-10-12-19-11-8-9-17-22(19)23/h2-9,11,13-17,23H,10,12,18H2,1H3. The van der Waals surface area contributed by atoms with Gasteiger partial charge in [0.25, 0.3) is 0 Å². The van der Waals surface area contributed by atoms with E-state index in [4.69, 9.17) is 0 Å². The van der Waals surface area contributed by atoms with E-state index >= 15 is 0 Å². The van der Waals surface area contributed by atoms with Crippen LogP contribution < -0.4 is 0 Å². The number of hydrogen-bond acceptors (Lipinski definition) is 1. The molecule has 1 nitrogen and oxygen atoms in total. The Labute approximate surface area is 146 Å². The lowest BCUT2D eigenvalue weighted by molar-refractivity contribution is 0.467. The van der Waals surface area contributed by atoms with Gasteiger partial charge in [-0.2, -0.15) is 10.0 Å². The summed E-state index contributed by atoms with van der Waals surface area (Å²) < 4.78 is 0. The number of aromatic hydroxyl groups is 1. The number of para-hydroxylation sites is 1. The van der Waals surface area contributed by atoms with E-state index in [2.05, 4.69) is 66.9 Å². The van der Waals surface area contributed by atoms with Gasteiger partial charge in [-0.15, -0.1) is 0 Å². The molecule has 0 saturated heterocycles. The summed E-state index contributed by atoms with van der Waals surface area (Å²) in [7, 11) is -1.06. The average Bonchev–Trinajstić information content (AvgIpc) is 2.64. The summed E-state index contributed by atoms with van der Waals surface area (Å²) in [5.74, 6) is 1.53. The first-order valence-corrected chi connectivity index (χ1v) is 10.5. The van der Waals surface area contributed by atoms with Crippen LogP contribution in [0.15, 0.2) is 94.7 Å². The number of rotatable bonds is 6. The van der Waals surface area contributed by atoms with E-state index in [0.29, 0.717) is 5.75 Å². The zero-order chi connectivity index (χ0) is 16.8. The van der Waals surface area contributed by atoms with Crippen molar-refractivity contribution in [2.75, 3.05) is 12.0 Å². The Kier molecular flexibility index (Phi) is 5.27. The monoisotopic (exact) mass is 336 g/mol. The van der Waals surface area contributed by atoms with Gasteiger partial charge in [-0.3, -0.25) is 0 Å². The average molecular weight is 337 g/mol. The summed E-state index contributed by atoms with van der Waals surface area (Å²) in [5.41, 5.74) is 1.04. The molecule has 0 unspecified atom stereocenters. The van der Waals surface area contributed by atoms with Crippen molar-refractivity contribution in [3.05, 3.63) is 90.5 Å². The number of benzene rings is 3. The minimum Gasteiger partial charge on any atom is -0.508 e. The van der Waals surface area contributed by atoms with E-state index < -0.39 is 10.0 Å². The van der Waals surface area contributed by atoms with E-state index in [1.54, 1.807) is 6.07 Å². The van der Waals surface area contributed by atoms with E-state index in [9.17, 15) is 5.11 Å². The lowest BCUT2D eigenvalue weighted by Gasteiger charge is -2.37. The highest BCUT2D eigenvalue weighted by molar-refractivity contribution is 8.33. The number of hydrogen-bond donors (Lipinski definition) is 1. The van der Waals surface area contributed by atoms with Gasteiger partial charge in [-0.1, -0.05) is 54.6 Å². The van der Waals surface area contributed by atoms with Crippen LogP contribution in [-0.4, -0.2) is 17.1 Å². The van der Waals surface area contributed by atoms with Crippen molar-refractivity contribution in [1.82, 2.24) is 0 Å². The second-order valence-electron chi connectivity index (χ2n) is 6.15. The topological polar surface area (TPSA) is 20.2 Å². The Morgan fingerprint density at radius 2 is 1.21 bits per heavy atom. The predicted molar refractivity (Wildman–Crippen MR) is 104 cm³/mol. The second kappa shape index (κ2) is 7.59. The molecule has 0 heterocycles. The van der Waals surface area contributed by atoms with Gasteiger partial charge >= 0.3 is 0 Å². The molecule has 3 aromatic rings. The molecule has 0 aliphatic rings. The zero-order valence-corrected chi connectivity index (χ0v) is 14.9. The van der Waals surface area contributed by atoms with Gasteiger partial charge in [-0.25, -0.2) is 0 Å². The predicted octanol–water partition coefficient (Wildman–Crippen LogP) is 5.88. The molecule has 3 rings (SSSR count). The maximum atomic E-state index is 9.98. The molecule has 0 aliphatic heterocycles. The van der Waals surface area contributed by atoms with Gasteiger partial charge in [0.05, 0.1) is 0 Å². The van der Waals surface area contributed by atoms with Crippen molar-refractivity contribution in [2.24, 2.45) is 0 Å². The third kappa shape index (κ3) is 3.65. The summed E-state index contributed by atoms with van der Waals surface area (Å²) in [6, 6.07) is 29.4. The quantitative estimate of drug-likeness (QED) is 0.596. The summed E-state index contributed by atoms with van der Waals surface area (Å²) in [5, 5.41) is 9.98. The third-order valence-corrected chi connectivity index (χ3v) is 8.25. The number of phenols is 1. The Balaban J connectivity index is 1.82. The van der Waals surface area contributed by atoms with Gasteiger partial charge in [0.15, 0.2) is 0 Å². The van der Waals surface area contributed by atoms with E-state index in [1.807, 2.05) is 18.2 Å². The molecule has 0 aromatic heterocycles. The molecule has 2 heteroatoms. The summed E-state index contributed by atoms with van der Waals surface area (Å²) in [4.78, 5) is 2.85. The van der Waals surface area contributed by atoms with Crippen LogP contribution in [0.4, 0.5) is 0 Å². The first-order valence-electron chi connectivity index (χ1n) is 8.33. The zero-order valence-electron chi connectivity index (χ0n) is 14.1. The lowest BCUT2D eigenvalue weighted by atomic mass is 10.1. The molecule has 124 valence electrons. The largest absolute Gasteiger partial charge is 0.508 e. The van der Waals surface area contributed by atoms with Gasteiger partial charge in [-0.05, 0) is 70.5 Å². The molecular weight excluding hydrogens is 312 g/mol. The molecule has 24 heavy (non-hydrogen) atoms. The van der Waals surface area contributed by atoms with Crippen molar-refractivity contribution in [3.63, 3.8) is 0 Å². The summed E-state index contributed by atoms with van der Waals surface area (Å²) >= 11 is 0. The fraction of sp³-hybridized carbons (Fsp3) is 0.182. The number of aryl methyl sites for hydroxylation is 1. The Morgan fingerprint density at radius 3 is 1.75 bits per heavy atom.